The summed E-state index contributed by atoms with van der Waals surface area (Å²) in [6.45, 7) is 4.76. The molecular weight excluding hydrogens is 250 g/mol. The summed E-state index contributed by atoms with van der Waals surface area (Å²) in [6, 6.07) is 13.0. The molecule has 20 heavy (non-hydrogen) atoms. The van der Waals surface area contributed by atoms with Crippen molar-refractivity contribution in [3.05, 3.63) is 48.2 Å². The van der Waals surface area contributed by atoms with Gasteiger partial charge in [0.2, 0.25) is 0 Å². The summed E-state index contributed by atoms with van der Waals surface area (Å²) < 4.78 is 10.9. The lowest BCUT2D eigenvalue weighted by molar-refractivity contribution is 0.0342. The molecule has 1 fully saturated rings. The van der Waals surface area contributed by atoms with Gasteiger partial charge in [0.25, 0.3) is 0 Å². The fourth-order valence-corrected chi connectivity index (χ4v) is 2.95. The van der Waals surface area contributed by atoms with Crippen LogP contribution in [0, 0.1) is 0 Å². The maximum Gasteiger partial charge on any atom is 0.134 e. The van der Waals surface area contributed by atoms with Crippen LogP contribution >= 0.6 is 0 Å². The van der Waals surface area contributed by atoms with Crippen LogP contribution in [-0.2, 0) is 11.3 Å². The molecule has 0 unspecified atom stereocenters. The second-order valence-corrected chi connectivity index (χ2v) is 5.34. The van der Waals surface area contributed by atoms with Crippen LogP contribution in [0.15, 0.2) is 47.1 Å². The Bertz CT molecular complexity index is 741. The maximum atomic E-state index is 5.46. The molecular formula is C17H17NO2. The molecule has 3 heteroatoms. The summed E-state index contributed by atoms with van der Waals surface area (Å²) in [6.07, 6.45) is 1.76. The highest BCUT2D eigenvalue weighted by Gasteiger charge is 2.11. The minimum Gasteiger partial charge on any atom is -0.464 e. The zero-order chi connectivity index (χ0) is 13.4. The first kappa shape index (κ1) is 11.9. The minimum absolute atomic E-state index is 0.850. The van der Waals surface area contributed by atoms with E-state index in [0.717, 1.165) is 38.4 Å². The zero-order valence-electron chi connectivity index (χ0n) is 11.3. The van der Waals surface area contributed by atoms with Crippen LogP contribution in [0.4, 0.5) is 0 Å². The van der Waals surface area contributed by atoms with Gasteiger partial charge >= 0.3 is 0 Å². The Morgan fingerprint density at radius 3 is 2.75 bits per heavy atom. The van der Waals surface area contributed by atoms with E-state index in [1.54, 1.807) is 6.26 Å². The molecule has 0 saturated carbocycles. The molecule has 2 heterocycles. The number of hydrogen-bond acceptors (Lipinski definition) is 3. The molecule has 0 N–H and O–H groups in total. The maximum absolute atomic E-state index is 5.46. The first-order chi connectivity index (χ1) is 9.90. The number of benzene rings is 2. The predicted molar refractivity (Wildman–Crippen MR) is 79.8 cm³/mol. The van der Waals surface area contributed by atoms with Crippen molar-refractivity contribution in [3.63, 3.8) is 0 Å². The van der Waals surface area contributed by atoms with E-state index in [9.17, 15) is 0 Å². The van der Waals surface area contributed by atoms with Gasteiger partial charge in [0.05, 0.1) is 19.5 Å². The Labute approximate surface area is 117 Å². The highest BCUT2D eigenvalue weighted by molar-refractivity contribution is 6.05. The van der Waals surface area contributed by atoms with E-state index in [1.807, 2.05) is 6.07 Å². The molecule has 102 valence electrons. The fourth-order valence-electron chi connectivity index (χ4n) is 2.95. The Hall–Kier alpha value is -1.84. The summed E-state index contributed by atoms with van der Waals surface area (Å²) in [4.78, 5) is 2.45. The third-order valence-electron chi connectivity index (χ3n) is 4.03. The molecule has 0 radical (unpaired) electrons. The van der Waals surface area contributed by atoms with E-state index in [1.165, 1.54) is 21.7 Å². The monoisotopic (exact) mass is 267 g/mol. The van der Waals surface area contributed by atoms with Gasteiger partial charge in [-0.15, -0.1) is 0 Å². The number of nitrogens with zero attached hydrogens (tertiary/aromatic N) is 1. The predicted octanol–water partition coefficient (Wildman–Crippen LogP) is 3.42. The molecule has 4 rings (SSSR count). The number of rotatable bonds is 2. The lowest BCUT2D eigenvalue weighted by Crippen LogP contribution is -2.35. The zero-order valence-corrected chi connectivity index (χ0v) is 11.3. The molecule has 3 nitrogen and oxygen atoms in total. The Morgan fingerprint density at radius 2 is 1.85 bits per heavy atom. The molecule has 1 aliphatic heterocycles. The van der Waals surface area contributed by atoms with Crippen molar-refractivity contribution in [2.45, 2.75) is 6.54 Å². The minimum atomic E-state index is 0.850. The molecule has 3 aromatic rings. The lowest BCUT2D eigenvalue weighted by Gasteiger charge is -2.26. The van der Waals surface area contributed by atoms with Crippen molar-refractivity contribution in [2.75, 3.05) is 26.3 Å². The molecule has 2 aromatic carbocycles. The number of fused-ring (bicyclic) bond motifs is 3. The van der Waals surface area contributed by atoms with Crippen LogP contribution in [0.25, 0.3) is 21.7 Å². The topological polar surface area (TPSA) is 25.6 Å². The normalized spacial score (nSPS) is 17.0. The average molecular weight is 267 g/mol. The van der Waals surface area contributed by atoms with Crippen LogP contribution in [0.3, 0.4) is 0 Å². The second-order valence-electron chi connectivity index (χ2n) is 5.34. The van der Waals surface area contributed by atoms with Crippen molar-refractivity contribution in [3.8, 4) is 0 Å². The quantitative estimate of drug-likeness (QED) is 0.711. The Morgan fingerprint density at radius 1 is 0.950 bits per heavy atom. The number of hydrogen-bond donors (Lipinski definition) is 0. The first-order valence-electron chi connectivity index (χ1n) is 7.09. The second kappa shape index (κ2) is 4.93. The van der Waals surface area contributed by atoms with Crippen molar-refractivity contribution >= 4 is 21.7 Å². The van der Waals surface area contributed by atoms with Crippen LogP contribution in [-0.4, -0.2) is 31.2 Å². The highest BCUT2D eigenvalue weighted by atomic mass is 16.5. The van der Waals surface area contributed by atoms with E-state index in [4.69, 9.17) is 9.15 Å². The van der Waals surface area contributed by atoms with Crippen LogP contribution < -0.4 is 0 Å². The molecule has 1 aromatic heterocycles. The Balaban J connectivity index is 1.69. The average Bonchev–Trinajstić information content (AvgIpc) is 2.97. The van der Waals surface area contributed by atoms with Crippen molar-refractivity contribution in [2.24, 2.45) is 0 Å². The van der Waals surface area contributed by atoms with Crippen molar-refractivity contribution in [1.29, 1.82) is 0 Å². The van der Waals surface area contributed by atoms with E-state index in [0.29, 0.717) is 0 Å². The van der Waals surface area contributed by atoms with Crippen LogP contribution in [0.1, 0.15) is 5.56 Å². The highest BCUT2D eigenvalue weighted by Crippen LogP contribution is 2.27. The summed E-state index contributed by atoms with van der Waals surface area (Å²) in [5.41, 5.74) is 2.32. The molecule has 0 amide bonds. The SMILES string of the molecule is c1cc2c(ccc3cc(CN4CCOCC4)ccc32)o1. The first-order valence-corrected chi connectivity index (χ1v) is 7.09. The molecule has 0 aliphatic carbocycles. The summed E-state index contributed by atoms with van der Waals surface area (Å²) >= 11 is 0. The van der Waals surface area contributed by atoms with Gasteiger partial charge in [0.1, 0.15) is 5.58 Å². The van der Waals surface area contributed by atoms with E-state index in [2.05, 4.69) is 35.2 Å². The van der Waals surface area contributed by atoms with Gasteiger partial charge in [-0.3, -0.25) is 4.90 Å². The van der Waals surface area contributed by atoms with Crippen LogP contribution in [0.2, 0.25) is 0 Å². The number of morpholine rings is 1. The Kier molecular flexibility index (Phi) is 2.94. The third kappa shape index (κ3) is 2.09. The lowest BCUT2D eigenvalue weighted by atomic mass is 10.0. The van der Waals surface area contributed by atoms with Crippen LogP contribution in [0.5, 0.6) is 0 Å². The standard InChI is InChI=1S/C17H17NO2/c1-3-15-14(2-4-17-16(15)5-8-20-17)11-13(1)12-18-6-9-19-10-7-18/h1-5,8,11H,6-7,9-10,12H2. The summed E-state index contributed by atoms with van der Waals surface area (Å²) in [5.74, 6) is 0. The molecule has 0 spiro atoms. The molecule has 0 atom stereocenters. The van der Waals surface area contributed by atoms with Gasteiger partial charge in [-0.25, -0.2) is 0 Å². The molecule has 1 saturated heterocycles. The van der Waals surface area contributed by atoms with E-state index in [-0.39, 0.29) is 0 Å². The smallest absolute Gasteiger partial charge is 0.134 e. The summed E-state index contributed by atoms with van der Waals surface area (Å²) in [7, 11) is 0. The van der Waals surface area contributed by atoms with Gasteiger partial charge in [-0.1, -0.05) is 18.2 Å². The van der Waals surface area contributed by atoms with Crippen molar-refractivity contribution < 1.29 is 9.15 Å². The summed E-state index contributed by atoms with van der Waals surface area (Å²) in [5, 5.41) is 3.74. The van der Waals surface area contributed by atoms with E-state index < -0.39 is 0 Å². The number of ether oxygens (including phenoxy) is 1. The van der Waals surface area contributed by atoms with Gasteiger partial charge in [0, 0.05) is 25.0 Å². The third-order valence-corrected chi connectivity index (χ3v) is 4.03. The largest absolute Gasteiger partial charge is 0.464 e. The fraction of sp³-hybridized carbons (Fsp3) is 0.294. The van der Waals surface area contributed by atoms with Gasteiger partial charge < -0.3 is 9.15 Å². The van der Waals surface area contributed by atoms with Gasteiger partial charge in [-0.05, 0) is 34.5 Å². The van der Waals surface area contributed by atoms with Gasteiger partial charge in [-0.2, -0.15) is 0 Å². The molecule has 1 aliphatic rings. The number of furan rings is 1. The van der Waals surface area contributed by atoms with Gasteiger partial charge in [0.15, 0.2) is 0 Å². The van der Waals surface area contributed by atoms with E-state index >= 15 is 0 Å². The molecule has 0 bridgehead atoms. The van der Waals surface area contributed by atoms with Crippen molar-refractivity contribution in [1.82, 2.24) is 4.90 Å².